The van der Waals surface area contributed by atoms with E-state index in [-0.39, 0.29) is 31.1 Å². The van der Waals surface area contributed by atoms with Gasteiger partial charge < -0.3 is 14.2 Å². The van der Waals surface area contributed by atoms with Gasteiger partial charge in [0.05, 0.1) is 0 Å². The molecule has 0 aromatic carbocycles. The van der Waals surface area contributed by atoms with Gasteiger partial charge in [0.25, 0.3) is 0 Å². The number of carbonyl (C=O) groups excluding carboxylic acids is 3. The Morgan fingerprint density at radius 1 is 0.229 bits per heavy atom. The van der Waals surface area contributed by atoms with E-state index < -0.39 is 6.10 Å². The van der Waals surface area contributed by atoms with Gasteiger partial charge in [-0.05, 0) is 44.9 Å². The van der Waals surface area contributed by atoms with Crippen LogP contribution in [-0.4, -0.2) is 37.2 Å². The molecule has 0 amide bonds. The molecule has 6 heteroatoms. The van der Waals surface area contributed by atoms with Gasteiger partial charge in [-0.3, -0.25) is 14.4 Å². The summed E-state index contributed by atoms with van der Waals surface area (Å²) in [6, 6.07) is 0. The number of unbranched alkanes of at least 4 members (excludes halogenated alkanes) is 59. The standard InChI is InChI=1S/C77H148O6/c1-4-7-10-13-16-19-22-25-28-31-33-35-37-38-39-41-42-44-46-49-52-55-58-61-64-67-70-76(79)82-73-74(72-81-75(78)69-66-63-60-57-54-51-48-30-27-24-21-18-15-12-9-6-3)83-77(80)71-68-65-62-59-56-53-50-47-45-43-40-36-34-32-29-26-23-20-17-14-11-8-5-2/h32,34,74H,4-31,33,35-73H2,1-3H3/b34-32-. The fourth-order valence-corrected chi connectivity index (χ4v) is 12.0. The Balaban J connectivity index is 4.23. The number of carbonyl (C=O) groups is 3. The van der Waals surface area contributed by atoms with Gasteiger partial charge in [-0.2, -0.15) is 0 Å². The Morgan fingerprint density at radius 2 is 0.398 bits per heavy atom. The van der Waals surface area contributed by atoms with Crippen LogP contribution in [0.4, 0.5) is 0 Å². The van der Waals surface area contributed by atoms with Gasteiger partial charge in [0, 0.05) is 19.3 Å². The van der Waals surface area contributed by atoms with Crippen LogP contribution >= 0.6 is 0 Å². The summed E-state index contributed by atoms with van der Waals surface area (Å²) in [6.07, 6.45) is 88.3. The summed E-state index contributed by atoms with van der Waals surface area (Å²) in [6.45, 7) is 6.75. The van der Waals surface area contributed by atoms with Gasteiger partial charge in [-0.15, -0.1) is 0 Å². The van der Waals surface area contributed by atoms with E-state index in [4.69, 9.17) is 14.2 Å². The fourth-order valence-electron chi connectivity index (χ4n) is 12.0. The zero-order valence-corrected chi connectivity index (χ0v) is 56.8. The number of hydrogen-bond acceptors (Lipinski definition) is 6. The largest absolute Gasteiger partial charge is 0.462 e. The highest BCUT2D eigenvalue weighted by atomic mass is 16.6. The first-order valence-electron chi connectivity index (χ1n) is 38.2. The van der Waals surface area contributed by atoms with E-state index in [0.717, 1.165) is 57.8 Å². The average Bonchev–Trinajstić information content (AvgIpc) is 3.50. The van der Waals surface area contributed by atoms with E-state index in [0.29, 0.717) is 19.3 Å². The molecule has 0 aromatic rings. The third-order valence-corrected chi connectivity index (χ3v) is 17.8. The molecule has 0 aromatic heterocycles. The van der Waals surface area contributed by atoms with Crippen LogP contribution in [0.25, 0.3) is 0 Å². The lowest BCUT2D eigenvalue weighted by molar-refractivity contribution is -0.167. The molecule has 1 atom stereocenters. The van der Waals surface area contributed by atoms with Crippen molar-refractivity contribution in [2.24, 2.45) is 0 Å². The van der Waals surface area contributed by atoms with Crippen molar-refractivity contribution < 1.29 is 28.6 Å². The molecule has 6 nitrogen and oxygen atoms in total. The Hall–Kier alpha value is -1.85. The molecule has 0 saturated heterocycles. The first-order valence-corrected chi connectivity index (χ1v) is 38.2. The molecule has 0 heterocycles. The number of hydrogen-bond donors (Lipinski definition) is 0. The second-order valence-electron chi connectivity index (χ2n) is 26.3. The Labute approximate surface area is 520 Å². The number of allylic oxidation sites excluding steroid dienone is 2. The van der Waals surface area contributed by atoms with Gasteiger partial charge >= 0.3 is 17.9 Å². The Kier molecular flexibility index (Phi) is 71.0. The maximum absolute atomic E-state index is 13.0. The molecule has 1 unspecified atom stereocenters. The topological polar surface area (TPSA) is 78.9 Å². The molecular weight excluding hydrogens is 1020 g/mol. The summed E-state index contributed by atoms with van der Waals surface area (Å²) >= 11 is 0. The zero-order valence-electron chi connectivity index (χ0n) is 56.8. The van der Waals surface area contributed by atoms with Gasteiger partial charge in [-0.25, -0.2) is 0 Å². The first-order chi connectivity index (χ1) is 41.0. The minimum atomic E-state index is -0.767. The minimum absolute atomic E-state index is 0.0627. The van der Waals surface area contributed by atoms with Crippen LogP contribution in [-0.2, 0) is 28.6 Å². The smallest absolute Gasteiger partial charge is 0.306 e. The van der Waals surface area contributed by atoms with E-state index in [1.165, 1.54) is 347 Å². The van der Waals surface area contributed by atoms with Crippen LogP contribution in [0.2, 0.25) is 0 Å². The molecule has 0 saturated carbocycles. The second-order valence-corrected chi connectivity index (χ2v) is 26.3. The molecule has 0 N–H and O–H groups in total. The van der Waals surface area contributed by atoms with Crippen LogP contribution in [0.1, 0.15) is 445 Å². The van der Waals surface area contributed by atoms with Crippen LogP contribution in [0, 0.1) is 0 Å². The summed E-state index contributed by atoms with van der Waals surface area (Å²) in [7, 11) is 0. The summed E-state index contributed by atoms with van der Waals surface area (Å²) in [5.41, 5.74) is 0. The van der Waals surface area contributed by atoms with E-state index in [1.54, 1.807) is 0 Å². The normalized spacial score (nSPS) is 12.0. The lowest BCUT2D eigenvalue weighted by Crippen LogP contribution is -2.30. The van der Waals surface area contributed by atoms with E-state index in [2.05, 4.69) is 32.9 Å². The Bertz CT molecular complexity index is 1300. The summed E-state index contributed by atoms with van der Waals surface area (Å²) < 4.78 is 17.1. The van der Waals surface area contributed by atoms with Crippen molar-refractivity contribution in [2.75, 3.05) is 13.2 Å². The SMILES string of the molecule is CCCCCCCCCC/C=C\CCCCCCCCCCCCCC(=O)OC(COC(=O)CCCCCCCCCCCCCCCCCC)COC(=O)CCCCCCCCCCCCCCCCCCCCCCCCCCCC. The van der Waals surface area contributed by atoms with Crippen molar-refractivity contribution in [1.29, 1.82) is 0 Å². The molecule has 0 rings (SSSR count). The van der Waals surface area contributed by atoms with E-state index in [9.17, 15) is 14.4 Å². The maximum Gasteiger partial charge on any atom is 0.306 e. The average molecular weight is 1170 g/mol. The van der Waals surface area contributed by atoms with Crippen molar-refractivity contribution in [3.63, 3.8) is 0 Å². The van der Waals surface area contributed by atoms with Crippen molar-refractivity contribution in [3.8, 4) is 0 Å². The molecular formula is C77H148O6. The van der Waals surface area contributed by atoms with Gasteiger partial charge in [-0.1, -0.05) is 392 Å². The van der Waals surface area contributed by atoms with Gasteiger partial charge in [0.15, 0.2) is 6.10 Å². The molecule has 492 valence electrons. The number of ether oxygens (including phenoxy) is 3. The lowest BCUT2D eigenvalue weighted by atomic mass is 10.0. The van der Waals surface area contributed by atoms with Crippen molar-refractivity contribution in [2.45, 2.75) is 451 Å². The molecule has 0 radical (unpaired) electrons. The fraction of sp³-hybridized carbons (Fsp3) is 0.935. The second kappa shape index (κ2) is 72.6. The van der Waals surface area contributed by atoms with Gasteiger partial charge in [0.2, 0.25) is 0 Å². The number of esters is 3. The molecule has 83 heavy (non-hydrogen) atoms. The maximum atomic E-state index is 13.0. The quantitative estimate of drug-likeness (QED) is 0.0261. The molecule has 0 aliphatic rings. The Morgan fingerprint density at radius 3 is 0.602 bits per heavy atom. The molecule has 0 spiro atoms. The summed E-state index contributed by atoms with van der Waals surface area (Å²) in [5, 5.41) is 0. The monoisotopic (exact) mass is 1170 g/mol. The summed E-state index contributed by atoms with van der Waals surface area (Å²) in [4.78, 5) is 38.5. The van der Waals surface area contributed by atoms with E-state index >= 15 is 0 Å². The lowest BCUT2D eigenvalue weighted by Gasteiger charge is -2.18. The zero-order chi connectivity index (χ0) is 59.9. The van der Waals surface area contributed by atoms with Crippen LogP contribution in [0.3, 0.4) is 0 Å². The minimum Gasteiger partial charge on any atom is -0.462 e. The number of rotatable bonds is 72. The highest BCUT2D eigenvalue weighted by Crippen LogP contribution is 2.20. The third-order valence-electron chi connectivity index (χ3n) is 17.8. The highest BCUT2D eigenvalue weighted by molar-refractivity contribution is 5.71. The highest BCUT2D eigenvalue weighted by Gasteiger charge is 2.20. The van der Waals surface area contributed by atoms with Crippen molar-refractivity contribution in [1.82, 2.24) is 0 Å². The van der Waals surface area contributed by atoms with Crippen molar-refractivity contribution >= 4 is 17.9 Å². The van der Waals surface area contributed by atoms with Crippen LogP contribution < -0.4 is 0 Å². The van der Waals surface area contributed by atoms with Crippen molar-refractivity contribution in [3.05, 3.63) is 12.2 Å². The third kappa shape index (κ3) is 70.8. The predicted octanol–water partition coefficient (Wildman–Crippen LogP) is 26.3. The predicted molar refractivity (Wildman–Crippen MR) is 363 cm³/mol. The van der Waals surface area contributed by atoms with Crippen LogP contribution in [0.15, 0.2) is 12.2 Å². The van der Waals surface area contributed by atoms with Gasteiger partial charge in [0.1, 0.15) is 13.2 Å². The first kappa shape index (κ1) is 81.2. The molecule has 0 bridgehead atoms. The summed E-state index contributed by atoms with van der Waals surface area (Å²) in [5.74, 6) is -0.822. The van der Waals surface area contributed by atoms with E-state index in [1.807, 2.05) is 0 Å². The molecule has 0 fully saturated rings. The molecule has 0 aliphatic carbocycles. The van der Waals surface area contributed by atoms with Crippen LogP contribution in [0.5, 0.6) is 0 Å². The molecule has 0 aliphatic heterocycles.